The monoisotopic (exact) mass is 319 g/mol. The van der Waals surface area contributed by atoms with E-state index in [0.29, 0.717) is 0 Å². The van der Waals surface area contributed by atoms with Gasteiger partial charge in [-0.1, -0.05) is 12.5 Å². The number of aryl methyl sites for hydroxylation is 1. The van der Waals surface area contributed by atoms with Gasteiger partial charge in [0.25, 0.3) is 5.56 Å². The van der Waals surface area contributed by atoms with Gasteiger partial charge in [0.2, 0.25) is 0 Å². The van der Waals surface area contributed by atoms with Crippen LogP contribution in [0.1, 0.15) is 55.6 Å². The maximum absolute atomic E-state index is 12.9. The number of nitrogens with zero attached hydrogens (tertiary/aromatic N) is 2. The first-order valence-corrected chi connectivity index (χ1v) is 7.83. The van der Waals surface area contributed by atoms with Crippen molar-refractivity contribution in [2.75, 3.05) is 0 Å². The van der Waals surface area contributed by atoms with Gasteiger partial charge >= 0.3 is 0 Å². The molecule has 1 spiro atoms. The third kappa shape index (κ3) is 1.94. The van der Waals surface area contributed by atoms with Crippen molar-refractivity contribution >= 4 is 23.3 Å². The van der Waals surface area contributed by atoms with E-state index in [4.69, 9.17) is 10.7 Å². The molecule has 0 bridgehead atoms. The zero-order valence-corrected chi connectivity index (χ0v) is 13.9. The van der Waals surface area contributed by atoms with E-state index < -0.39 is 0 Å². The second-order valence-corrected chi connectivity index (χ2v) is 6.82. The first kappa shape index (κ1) is 15.5. The van der Waals surface area contributed by atoms with Crippen LogP contribution >= 0.6 is 12.4 Å². The lowest BCUT2D eigenvalue weighted by Crippen LogP contribution is -2.34. The molecule has 1 aliphatic heterocycles. The Balaban J connectivity index is 0.00000144. The minimum absolute atomic E-state index is 0. The lowest BCUT2D eigenvalue weighted by molar-refractivity contribution is 0.238. The van der Waals surface area contributed by atoms with Crippen molar-refractivity contribution in [2.24, 2.45) is 5.73 Å². The third-order valence-electron chi connectivity index (χ3n) is 5.32. The molecule has 1 aromatic carbocycles. The van der Waals surface area contributed by atoms with Gasteiger partial charge in [-0.15, -0.1) is 12.4 Å². The molecule has 0 saturated heterocycles. The largest absolute Gasteiger partial charge is 0.324 e. The van der Waals surface area contributed by atoms with E-state index in [1.54, 1.807) is 0 Å². The lowest BCUT2D eigenvalue weighted by Gasteiger charge is -2.37. The SMILES string of the molecule is Cc1cc([C@@H](C)N)c2nc3n(c(=O)c2c1)CCC31CCC1.Cl. The normalized spacial score (nSPS) is 19.6. The molecule has 2 aromatic rings. The molecule has 2 aliphatic rings. The van der Waals surface area contributed by atoms with Crippen LogP contribution in [0.3, 0.4) is 0 Å². The lowest BCUT2D eigenvalue weighted by atomic mass is 9.67. The first-order chi connectivity index (χ1) is 10.0. The Kier molecular flexibility index (Phi) is 3.57. The minimum atomic E-state index is -0.110. The molecule has 118 valence electrons. The highest BCUT2D eigenvalue weighted by Crippen LogP contribution is 2.49. The summed E-state index contributed by atoms with van der Waals surface area (Å²) in [7, 11) is 0. The molecular weight excluding hydrogens is 298 g/mol. The summed E-state index contributed by atoms with van der Waals surface area (Å²) in [5.41, 5.74) is 9.28. The van der Waals surface area contributed by atoms with Crippen molar-refractivity contribution in [3.8, 4) is 0 Å². The quantitative estimate of drug-likeness (QED) is 0.879. The number of hydrogen-bond acceptors (Lipinski definition) is 3. The molecule has 4 rings (SSSR count). The summed E-state index contributed by atoms with van der Waals surface area (Å²) in [6.45, 7) is 4.79. The maximum atomic E-state index is 12.9. The van der Waals surface area contributed by atoms with Crippen LogP contribution in [0.15, 0.2) is 16.9 Å². The summed E-state index contributed by atoms with van der Waals surface area (Å²) >= 11 is 0. The third-order valence-corrected chi connectivity index (χ3v) is 5.32. The number of benzene rings is 1. The standard InChI is InChI=1S/C17H21N3O.ClH/c1-10-8-12(11(2)18)14-13(9-10)15(21)20-7-6-17(4-3-5-17)16(20)19-14;/h8-9,11H,3-7,18H2,1-2H3;1H/t11-;/m1./s1. The fraction of sp³-hybridized carbons (Fsp3) is 0.529. The zero-order valence-electron chi connectivity index (χ0n) is 13.1. The summed E-state index contributed by atoms with van der Waals surface area (Å²) in [5.74, 6) is 1.01. The first-order valence-electron chi connectivity index (χ1n) is 7.83. The van der Waals surface area contributed by atoms with Crippen molar-refractivity contribution in [3.63, 3.8) is 0 Å². The molecular formula is C17H22ClN3O. The highest BCUT2D eigenvalue weighted by Gasteiger charge is 2.46. The van der Waals surface area contributed by atoms with Crippen molar-refractivity contribution in [2.45, 2.75) is 57.5 Å². The number of nitrogens with two attached hydrogens (primary N) is 1. The van der Waals surface area contributed by atoms with Gasteiger partial charge in [0.1, 0.15) is 5.82 Å². The maximum Gasteiger partial charge on any atom is 0.261 e. The highest BCUT2D eigenvalue weighted by molar-refractivity contribution is 5.85. The van der Waals surface area contributed by atoms with Gasteiger partial charge in [-0.05, 0) is 50.3 Å². The second-order valence-electron chi connectivity index (χ2n) is 6.82. The molecule has 1 fully saturated rings. The number of aromatic nitrogens is 2. The van der Waals surface area contributed by atoms with E-state index >= 15 is 0 Å². The molecule has 0 amide bonds. The van der Waals surface area contributed by atoms with Crippen LogP contribution in [-0.2, 0) is 12.0 Å². The molecule has 2 heterocycles. The Morgan fingerprint density at radius 2 is 2.05 bits per heavy atom. The molecule has 4 nitrogen and oxygen atoms in total. The molecule has 1 aromatic heterocycles. The molecule has 1 saturated carbocycles. The van der Waals surface area contributed by atoms with Crippen LogP contribution in [0.4, 0.5) is 0 Å². The number of halogens is 1. The summed E-state index contributed by atoms with van der Waals surface area (Å²) < 4.78 is 1.91. The van der Waals surface area contributed by atoms with Gasteiger partial charge in [0.15, 0.2) is 0 Å². The molecule has 2 N–H and O–H groups in total. The molecule has 0 radical (unpaired) electrons. The number of rotatable bonds is 1. The smallest absolute Gasteiger partial charge is 0.261 e. The van der Waals surface area contributed by atoms with Gasteiger partial charge in [0, 0.05) is 18.0 Å². The van der Waals surface area contributed by atoms with E-state index in [0.717, 1.165) is 40.8 Å². The van der Waals surface area contributed by atoms with Crippen LogP contribution < -0.4 is 11.3 Å². The topological polar surface area (TPSA) is 60.9 Å². The number of fused-ring (bicyclic) bond motifs is 3. The Labute approximate surface area is 136 Å². The molecule has 0 unspecified atom stereocenters. The van der Waals surface area contributed by atoms with E-state index in [1.807, 2.05) is 24.5 Å². The predicted molar refractivity (Wildman–Crippen MR) is 90.7 cm³/mol. The Morgan fingerprint density at radius 3 is 2.64 bits per heavy atom. The van der Waals surface area contributed by atoms with Crippen LogP contribution in [0.25, 0.3) is 10.9 Å². The van der Waals surface area contributed by atoms with Crippen LogP contribution in [-0.4, -0.2) is 9.55 Å². The highest BCUT2D eigenvalue weighted by atomic mass is 35.5. The number of hydrogen-bond donors (Lipinski definition) is 1. The van der Waals surface area contributed by atoms with Gasteiger partial charge < -0.3 is 5.73 Å². The van der Waals surface area contributed by atoms with Crippen molar-refractivity contribution in [1.29, 1.82) is 0 Å². The summed E-state index contributed by atoms with van der Waals surface area (Å²) in [4.78, 5) is 17.8. The van der Waals surface area contributed by atoms with Gasteiger partial charge in [-0.2, -0.15) is 0 Å². The average Bonchev–Trinajstić information content (AvgIpc) is 2.78. The minimum Gasteiger partial charge on any atom is -0.324 e. The molecule has 1 aliphatic carbocycles. The van der Waals surface area contributed by atoms with Gasteiger partial charge in [0.05, 0.1) is 10.9 Å². The molecule has 22 heavy (non-hydrogen) atoms. The van der Waals surface area contributed by atoms with E-state index in [1.165, 1.54) is 19.3 Å². The van der Waals surface area contributed by atoms with Gasteiger partial charge in [-0.3, -0.25) is 9.36 Å². The van der Waals surface area contributed by atoms with E-state index in [9.17, 15) is 4.79 Å². The van der Waals surface area contributed by atoms with Crippen LogP contribution in [0, 0.1) is 6.92 Å². The fourth-order valence-corrected chi connectivity index (χ4v) is 3.98. The Morgan fingerprint density at radius 1 is 1.32 bits per heavy atom. The fourth-order valence-electron chi connectivity index (χ4n) is 3.98. The summed E-state index contributed by atoms with van der Waals surface area (Å²) in [6.07, 6.45) is 4.66. The van der Waals surface area contributed by atoms with Gasteiger partial charge in [-0.25, -0.2) is 4.98 Å². The summed E-state index contributed by atoms with van der Waals surface area (Å²) in [5, 5.41) is 0.724. The molecule has 1 atom stereocenters. The Bertz CT molecular complexity index is 806. The zero-order chi connectivity index (χ0) is 14.8. The van der Waals surface area contributed by atoms with Crippen molar-refractivity contribution < 1.29 is 0 Å². The van der Waals surface area contributed by atoms with Crippen molar-refractivity contribution in [3.05, 3.63) is 39.4 Å². The van der Waals surface area contributed by atoms with Crippen molar-refractivity contribution in [1.82, 2.24) is 9.55 Å². The second kappa shape index (κ2) is 5.07. The van der Waals surface area contributed by atoms with Crippen LogP contribution in [0.2, 0.25) is 0 Å². The van der Waals surface area contributed by atoms with Crippen LogP contribution in [0.5, 0.6) is 0 Å². The Hall–Kier alpha value is -1.39. The van der Waals surface area contributed by atoms with E-state index in [2.05, 4.69) is 6.07 Å². The average molecular weight is 320 g/mol. The summed E-state index contributed by atoms with van der Waals surface area (Å²) in [6, 6.07) is 3.91. The molecule has 5 heteroatoms. The van der Waals surface area contributed by atoms with E-state index in [-0.39, 0.29) is 29.4 Å². The predicted octanol–water partition coefficient (Wildman–Crippen LogP) is 2.97.